The number of hydrogen-bond acceptors (Lipinski definition) is 3. The van der Waals surface area contributed by atoms with E-state index in [0.717, 1.165) is 37.3 Å². The zero-order valence-corrected chi connectivity index (χ0v) is 14.4. The Morgan fingerprint density at radius 3 is 1.73 bits per heavy atom. The summed E-state index contributed by atoms with van der Waals surface area (Å²) in [5.74, 6) is 0. The van der Waals surface area contributed by atoms with Crippen molar-refractivity contribution in [2.24, 2.45) is 0 Å². The number of nitrogens with zero attached hydrogens (tertiary/aromatic N) is 3. The molecule has 3 rings (SSSR count). The maximum atomic E-state index is 9.96. The summed E-state index contributed by atoms with van der Waals surface area (Å²) in [5.41, 5.74) is 1.83. The molecule has 120 valence electrons. The average Bonchev–Trinajstić information content (AvgIpc) is 2.66. The van der Waals surface area contributed by atoms with Crippen LogP contribution in [-0.2, 0) is 23.0 Å². The minimum atomic E-state index is 0.915. The van der Waals surface area contributed by atoms with Crippen LogP contribution in [0, 0.1) is 0 Å². The number of pyridine rings is 2. The van der Waals surface area contributed by atoms with Gasteiger partial charge in [-0.25, -0.2) is 0 Å². The van der Waals surface area contributed by atoms with Crippen molar-refractivity contribution in [3.05, 3.63) is 48.8 Å². The molecule has 1 aliphatic rings. The van der Waals surface area contributed by atoms with Crippen molar-refractivity contribution in [3.63, 3.8) is 0 Å². The Morgan fingerprint density at radius 2 is 1.41 bits per heavy atom. The van der Waals surface area contributed by atoms with E-state index in [2.05, 4.69) is 37.7 Å². The van der Waals surface area contributed by atoms with Gasteiger partial charge in [0, 0.05) is 12.4 Å². The number of carbonyl (C=O) groups excluding carboxylic acids is 1. The first-order valence-corrected chi connectivity index (χ1v) is 8.97. The molecule has 0 aromatic carbocycles. The Morgan fingerprint density at radius 1 is 0.909 bits per heavy atom. The van der Waals surface area contributed by atoms with Gasteiger partial charge in [0.05, 0.1) is 11.4 Å². The molecule has 1 saturated heterocycles. The molecule has 0 bridgehead atoms. The van der Waals surface area contributed by atoms with Gasteiger partial charge >= 0.3 is 27.7 Å². The zero-order valence-electron chi connectivity index (χ0n) is 12.1. The quantitative estimate of drug-likeness (QED) is 0.564. The Bertz CT molecular complexity index is 470. The third-order valence-corrected chi connectivity index (χ3v) is 3.08. The molecular formula is C16H18ClN3OPd. The normalized spacial score (nSPS) is 13.1. The molecule has 0 N–H and O–H groups in total. The third-order valence-electron chi connectivity index (χ3n) is 3.08. The Hall–Kier alpha value is -1.28. The fourth-order valence-corrected chi connectivity index (χ4v) is 2.01. The number of likely N-dealkylation sites (tertiary alicyclic amines) is 1. The molecule has 0 atom stereocenters. The minimum Gasteiger partial charge on any atom is -0.255 e. The standard InChI is InChI=1S/C10H8N2.C6H10NO.ClH.Pd/c1-3-7-11-9(5-1)10-6-2-4-8-12-10;8-6-7-4-2-1-3-5-7;;/h1-8H;1-5H2;1H;/q;-1;;+2/p-1. The van der Waals surface area contributed by atoms with E-state index in [4.69, 9.17) is 0 Å². The van der Waals surface area contributed by atoms with Gasteiger partial charge in [-0.2, -0.15) is 6.41 Å². The van der Waals surface area contributed by atoms with Gasteiger partial charge in [-0.3, -0.25) is 9.97 Å². The van der Waals surface area contributed by atoms with Crippen molar-refractivity contribution in [2.75, 3.05) is 13.1 Å². The molecule has 1 fully saturated rings. The van der Waals surface area contributed by atoms with E-state index in [1.165, 1.54) is 6.42 Å². The van der Waals surface area contributed by atoms with Crippen LogP contribution in [0.5, 0.6) is 0 Å². The number of aromatic nitrogens is 2. The molecule has 1 amide bonds. The fraction of sp³-hybridized carbons (Fsp3) is 0.312. The van der Waals surface area contributed by atoms with Crippen molar-refractivity contribution in [3.8, 4) is 11.4 Å². The second kappa shape index (κ2) is 12.3. The summed E-state index contributed by atoms with van der Waals surface area (Å²) in [4.78, 5) is 20.0. The van der Waals surface area contributed by atoms with Gasteiger partial charge in [0.25, 0.3) is 0 Å². The maximum absolute atomic E-state index is 9.96. The van der Waals surface area contributed by atoms with Crippen LogP contribution in [-0.4, -0.2) is 34.4 Å². The first-order valence-electron chi connectivity index (χ1n) is 6.97. The Balaban J connectivity index is 0.000000211. The van der Waals surface area contributed by atoms with E-state index in [1.807, 2.05) is 42.8 Å². The van der Waals surface area contributed by atoms with Crippen LogP contribution >= 0.6 is 9.53 Å². The van der Waals surface area contributed by atoms with Crippen molar-refractivity contribution in [1.82, 2.24) is 14.9 Å². The van der Waals surface area contributed by atoms with Crippen LogP contribution in [0.1, 0.15) is 19.3 Å². The molecule has 0 spiro atoms. The molecule has 0 radical (unpaired) electrons. The minimum absolute atomic E-state index is 0.915. The van der Waals surface area contributed by atoms with E-state index in [9.17, 15) is 4.79 Å². The summed E-state index contributed by atoms with van der Waals surface area (Å²) < 4.78 is 0. The van der Waals surface area contributed by atoms with Crippen LogP contribution in [0.3, 0.4) is 0 Å². The van der Waals surface area contributed by atoms with E-state index in [0.29, 0.717) is 0 Å². The predicted molar refractivity (Wildman–Crippen MR) is 84.4 cm³/mol. The molecule has 0 saturated carbocycles. The number of rotatable bonds is 2. The number of halogens is 1. The zero-order chi connectivity index (χ0) is 16.0. The van der Waals surface area contributed by atoms with Crippen LogP contribution in [0.15, 0.2) is 48.8 Å². The number of amides is 1. The first kappa shape index (κ1) is 18.8. The monoisotopic (exact) mass is 409 g/mol. The van der Waals surface area contributed by atoms with Gasteiger partial charge in [-0.05, 0) is 50.2 Å². The van der Waals surface area contributed by atoms with Crippen LogP contribution in [0.25, 0.3) is 11.4 Å². The smallest absolute Gasteiger partial charge is 0.0886 e. The van der Waals surface area contributed by atoms with E-state index in [1.54, 1.807) is 17.3 Å². The van der Waals surface area contributed by atoms with Crippen molar-refractivity contribution < 1.29 is 23.0 Å². The van der Waals surface area contributed by atoms with E-state index in [-0.39, 0.29) is 0 Å². The van der Waals surface area contributed by atoms with Crippen LogP contribution in [0.2, 0.25) is 0 Å². The molecule has 2 aromatic rings. The molecule has 2 aromatic heterocycles. The van der Waals surface area contributed by atoms with E-state index >= 15 is 0 Å². The molecule has 0 unspecified atom stereocenters. The largest absolute Gasteiger partial charge is 0.255 e. The van der Waals surface area contributed by atoms with Crippen molar-refractivity contribution >= 4 is 15.9 Å². The molecule has 1 aliphatic heterocycles. The average molecular weight is 410 g/mol. The third kappa shape index (κ3) is 7.13. The molecular weight excluding hydrogens is 392 g/mol. The van der Waals surface area contributed by atoms with Gasteiger partial charge in [0.1, 0.15) is 0 Å². The summed E-state index contributed by atoms with van der Waals surface area (Å²) in [6.07, 6.45) is 9.02. The predicted octanol–water partition coefficient (Wildman–Crippen LogP) is 3.37. The Kier molecular flexibility index (Phi) is 10.5. The molecule has 6 heteroatoms. The first-order chi connectivity index (χ1) is 10.9. The SMILES string of the molecule is O=[C-]N1CCCCC1.[Cl][Pd+].c1ccc(-c2ccccn2)nc1. The maximum Gasteiger partial charge on any atom is 0.0886 e. The van der Waals surface area contributed by atoms with Crippen LogP contribution in [0.4, 0.5) is 0 Å². The molecule has 22 heavy (non-hydrogen) atoms. The summed E-state index contributed by atoms with van der Waals surface area (Å²) in [7, 11) is 4.49. The fourth-order valence-electron chi connectivity index (χ4n) is 2.01. The van der Waals surface area contributed by atoms with Gasteiger partial charge < -0.3 is 9.69 Å². The topological polar surface area (TPSA) is 46.1 Å². The van der Waals surface area contributed by atoms with Gasteiger partial charge in [0.15, 0.2) is 0 Å². The van der Waals surface area contributed by atoms with Crippen LogP contribution < -0.4 is 0 Å². The van der Waals surface area contributed by atoms with Crippen molar-refractivity contribution in [1.29, 1.82) is 0 Å². The molecule has 3 heterocycles. The second-order valence-corrected chi connectivity index (χ2v) is 4.57. The van der Waals surface area contributed by atoms with Gasteiger partial charge in [-0.1, -0.05) is 18.6 Å². The number of piperidine rings is 1. The summed E-state index contributed by atoms with van der Waals surface area (Å²) in [5, 5.41) is 0. The van der Waals surface area contributed by atoms with Gasteiger partial charge in [-0.15, -0.1) is 0 Å². The van der Waals surface area contributed by atoms with Gasteiger partial charge in [0.2, 0.25) is 0 Å². The molecule has 0 aliphatic carbocycles. The summed E-state index contributed by atoms with van der Waals surface area (Å²) in [6, 6.07) is 11.6. The van der Waals surface area contributed by atoms with Crippen molar-refractivity contribution in [2.45, 2.75) is 19.3 Å². The summed E-state index contributed by atoms with van der Waals surface area (Å²) in [6.45, 7) is 1.84. The van der Waals surface area contributed by atoms with E-state index < -0.39 is 0 Å². The second-order valence-electron chi connectivity index (χ2n) is 4.57. The summed E-state index contributed by atoms with van der Waals surface area (Å²) >= 11 is 2.22. The Labute approximate surface area is 146 Å². The number of hydrogen-bond donors (Lipinski definition) is 0. The molecule has 4 nitrogen and oxygen atoms in total.